The molecule has 0 atom stereocenters. The van der Waals surface area contributed by atoms with Crippen molar-refractivity contribution in [3.63, 3.8) is 0 Å². The molecule has 0 radical (unpaired) electrons. The van der Waals surface area contributed by atoms with E-state index in [1.54, 1.807) is 0 Å². The average molecular weight is 789 g/mol. The Balaban J connectivity index is 0.983. The van der Waals surface area contributed by atoms with Gasteiger partial charge in [0.1, 0.15) is 11.2 Å². The summed E-state index contributed by atoms with van der Waals surface area (Å²) in [7, 11) is 0. The smallest absolute Gasteiger partial charge is 0.135 e. The molecular formula is C61H40O. The van der Waals surface area contributed by atoms with E-state index in [2.05, 4.69) is 220 Å². The summed E-state index contributed by atoms with van der Waals surface area (Å²) in [6.45, 7) is 4.74. The average Bonchev–Trinajstić information content (AvgIpc) is 3.80. The molecule has 0 N–H and O–H groups in total. The summed E-state index contributed by atoms with van der Waals surface area (Å²) in [5.74, 6) is 0. The minimum Gasteiger partial charge on any atom is -0.456 e. The Kier molecular flexibility index (Phi) is 7.42. The highest BCUT2D eigenvalue weighted by atomic mass is 16.3. The molecule has 0 unspecified atom stereocenters. The molecule has 13 rings (SSSR count). The van der Waals surface area contributed by atoms with Crippen molar-refractivity contribution < 1.29 is 4.42 Å². The highest BCUT2D eigenvalue weighted by molar-refractivity contribution is 6.23. The van der Waals surface area contributed by atoms with Crippen LogP contribution in [-0.2, 0) is 5.41 Å². The van der Waals surface area contributed by atoms with E-state index >= 15 is 0 Å². The van der Waals surface area contributed by atoms with Crippen molar-refractivity contribution in [3.05, 3.63) is 217 Å². The number of hydrogen-bond acceptors (Lipinski definition) is 1. The molecule has 1 aromatic heterocycles. The van der Waals surface area contributed by atoms with Gasteiger partial charge in [0.2, 0.25) is 0 Å². The highest BCUT2D eigenvalue weighted by Gasteiger charge is 2.37. The maximum Gasteiger partial charge on any atom is 0.135 e. The Morgan fingerprint density at radius 2 is 0.806 bits per heavy atom. The molecule has 1 nitrogen and oxygen atoms in total. The van der Waals surface area contributed by atoms with E-state index in [-0.39, 0.29) is 5.41 Å². The third-order valence-corrected chi connectivity index (χ3v) is 13.8. The van der Waals surface area contributed by atoms with E-state index < -0.39 is 0 Å². The molecule has 1 aliphatic rings. The van der Waals surface area contributed by atoms with Gasteiger partial charge in [-0.25, -0.2) is 0 Å². The summed E-state index contributed by atoms with van der Waals surface area (Å²) < 4.78 is 6.56. The van der Waals surface area contributed by atoms with Crippen LogP contribution in [0.15, 0.2) is 211 Å². The summed E-state index contributed by atoms with van der Waals surface area (Å²) >= 11 is 0. The first-order valence-corrected chi connectivity index (χ1v) is 21.7. The van der Waals surface area contributed by atoms with E-state index in [9.17, 15) is 0 Å². The van der Waals surface area contributed by atoms with Crippen LogP contribution in [0.3, 0.4) is 0 Å². The number of benzene rings is 11. The first kappa shape index (κ1) is 35.1. The van der Waals surface area contributed by atoms with E-state index in [1.165, 1.54) is 110 Å². The maximum absolute atomic E-state index is 6.56. The van der Waals surface area contributed by atoms with Crippen molar-refractivity contribution in [2.24, 2.45) is 0 Å². The van der Waals surface area contributed by atoms with Gasteiger partial charge in [-0.05, 0) is 140 Å². The van der Waals surface area contributed by atoms with E-state index in [0.717, 1.165) is 21.9 Å². The SMILES string of the molecule is CC1(C)c2ccc(-c3ccc4oc5ccc(-c6c7ccccc7c(-c7ccccc7-c7cccc8ccccc78)c7ccccc67)cc5c4c3)cc2-c2ccc3ccccc3c21. The number of furan rings is 1. The van der Waals surface area contributed by atoms with Crippen molar-refractivity contribution in [2.75, 3.05) is 0 Å². The van der Waals surface area contributed by atoms with Gasteiger partial charge in [-0.3, -0.25) is 0 Å². The molecule has 0 fully saturated rings. The third-order valence-electron chi connectivity index (χ3n) is 13.8. The van der Waals surface area contributed by atoms with Gasteiger partial charge in [0.25, 0.3) is 0 Å². The fraction of sp³-hybridized carbons (Fsp3) is 0.0492. The van der Waals surface area contributed by atoms with Crippen LogP contribution in [0.1, 0.15) is 25.0 Å². The third kappa shape index (κ3) is 5.03. The zero-order valence-electron chi connectivity index (χ0n) is 34.5. The fourth-order valence-electron chi connectivity index (χ4n) is 11.0. The van der Waals surface area contributed by atoms with Gasteiger partial charge in [-0.2, -0.15) is 0 Å². The van der Waals surface area contributed by atoms with Crippen molar-refractivity contribution in [3.8, 4) is 55.6 Å². The highest BCUT2D eigenvalue weighted by Crippen LogP contribution is 2.53. The Morgan fingerprint density at radius 3 is 1.52 bits per heavy atom. The molecule has 1 aliphatic carbocycles. The van der Waals surface area contributed by atoms with Crippen LogP contribution < -0.4 is 0 Å². The zero-order valence-corrected chi connectivity index (χ0v) is 34.5. The molecule has 1 heteroatoms. The maximum atomic E-state index is 6.56. The second-order valence-electron chi connectivity index (χ2n) is 17.5. The molecule has 1 heterocycles. The fourth-order valence-corrected chi connectivity index (χ4v) is 11.0. The predicted molar refractivity (Wildman–Crippen MR) is 263 cm³/mol. The molecule has 0 saturated heterocycles. The molecule has 0 spiro atoms. The van der Waals surface area contributed by atoms with Crippen LogP contribution in [-0.4, -0.2) is 0 Å². The molecule has 0 amide bonds. The minimum absolute atomic E-state index is 0.0854. The van der Waals surface area contributed by atoms with Crippen LogP contribution in [0.4, 0.5) is 0 Å². The zero-order chi connectivity index (χ0) is 41.1. The lowest BCUT2D eigenvalue weighted by Gasteiger charge is -2.23. The molecular weight excluding hydrogens is 749 g/mol. The first-order chi connectivity index (χ1) is 30.5. The molecule has 290 valence electrons. The molecule has 62 heavy (non-hydrogen) atoms. The number of rotatable bonds is 4. The van der Waals surface area contributed by atoms with Gasteiger partial charge < -0.3 is 4.42 Å². The molecule has 11 aromatic carbocycles. The quantitative estimate of drug-likeness (QED) is 0.162. The normalized spacial score (nSPS) is 13.1. The lowest BCUT2D eigenvalue weighted by atomic mass is 9.80. The molecule has 0 aliphatic heterocycles. The van der Waals surface area contributed by atoms with Crippen molar-refractivity contribution in [1.82, 2.24) is 0 Å². The predicted octanol–water partition coefficient (Wildman–Crippen LogP) is 17.2. The van der Waals surface area contributed by atoms with Crippen LogP contribution >= 0.6 is 0 Å². The van der Waals surface area contributed by atoms with Crippen molar-refractivity contribution in [2.45, 2.75) is 19.3 Å². The first-order valence-electron chi connectivity index (χ1n) is 21.7. The van der Waals surface area contributed by atoms with E-state index in [0.29, 0.717) is 0 Å². The van der Waals surface area contributed by atoms with Crippen LogP contribution in [0.2, 0.25) is 0 Å². The Hall–Kier alpha value is -7.74. The Bertz CT molecular complexity index is 3780. The van der Waals surface area contributed by atoms with Gasteiger partial charge in [-0.1, -0.05) is 190 Å². The second kappa shape index (κ2) is 13.1. The van der Waals surface area contributed by atoms with Gasteiger partial charge in [0.05, 0.1) is 0 Å². The lowest BCUT2D eigenvalue weighted by molar-refractivity contribution is 0.666. The van der Waals surface area contributed by atoms with Crippen LogP contribution in [0.5, 0.6) is 0 Å². The Morgan fingerprint density at radius 1 is 0.306 bits per heavy atom. The van der Waals surface area contributed by atoms with Gasteiger partial charge >= 0.3 is 0 Å². The summed E-state index contributed by atoms with van der Waals surface area (Å²) in [5, 5.41) is 12.3. The summed E-state index contributed by atoms with van der Waals surface area (Å²) in [4.78, 5) is 0. The summed E-state index contributed by atoms with van der Waals surface area (Å²) in [5.41, 5.74) is 17.0. The summed E-state index contributed by atoms with van der Waals surface area (Å²) in [6, 6.07) is 76.1. The molecule has 12 aromatic rings. The van der Waals surface area contributed by atoms with E-state index in [1.807, 2.05) is 0 Å². The summed E-state index contributed by atoms with van der Waals surface area (Å²) in [6.07, 6.45) is 0. The molecule has 0 bridgehead atoms. The van der Waals surface area contributed by atoms with Crippen molar-refractivity contribution in [1.29, 1.82) is 0 Å². The van der Waals surface area contributed by atoms with Crippen molar-refractivity contribution >= 4 is 65.0 Å². The Labute approximate surface area is 360 Å². The number of fused-ring (bicyclic) bond motifs is 11. The van der Waals surface area contributed by atoms with Gasteiger partial charge in [0, 0.05) is 16.2 Å². The molecule has 0 saturated carbocycles. The monoisotopic (exact) mass is 788 g/mol. The van der Waals surface area contributed by atoms with Crippen LogP contribution in [0, 0.1) is 0 Å². The van der Waals surface area contributed by atoms with Crippen LogP contribution in [0.25, 0.3) is 121 Å². The van der Waals surface area contributed by atoms with Gasteiger partial charge in [0.15, 0.2) is 0 Å². The lowest BCUT2D eigenvalue weighted by Crippen LogP contribution is -2.15. The van der Waals surface area contributed by atoms with Gasteiger partial charge in [-0.15, -0.1) is 0 Å². The number of hydrogen-bond donors (Lipinski definition) is 0. The minimum atomic E-state index is -0.0854. The van der Waals surface area contributed by atoms with E-state index in [4.69, 9.17) is 4.42 Å². The largest absolute Gasteiger partial charge is 0.456 e. The second-order valence-corrected chi connectivity index (χ2v) is 17.5. The standard InChI is InChI=1S/C61H40O/c1-61(2)55-31-27-39(34-52(55)51-30-26-38-15-4-6-18-43(38)60(51)61)40-28-32-56-53(35-40)54-36-41(29-33-57(54)62-56)58-47-21-9-11-23-49(47)59(50-24-12-10-22-48(50)58)46-20-8-7-19-45(46)44-25-13-16-37-14-3-5-17-42(37)44/h3-36H,1-2H3. The topological polar surface area (TPSA) is 13.1 Å².